The van der Waals surface area contributed by atoms with Gasteiger partial charge in [0, 0.05) is 10.8 Å². The van der Waals surface area contributed by atoms with Crippen molar-refractivity contribution in [3.63, 3.8) is 0 Å². The number of rotatable bonds is 2. The van der Waals surface area contributed by atoms with E-state index in [9.17, 15) is 0 Å². The molecule has 1 nitrogen and oxygen atoms in total. The van der Waals surface area contributed by atoms with Gasteiger partial charge in [-0.15, -0.1) is 0 Å². The van der Waals surface area contributed by atoms with E-state index < -0.39 is 0 Å². The van der Waals surface area contributed by atoms with Crippen LogP contribution in [0.25, 0.3) is 82.6 Å². The van der Waals surface area contributed by atoms with E-state index in [1.54, 1.807) is 0 Å². The van der Waals surface area contributed by atoms with Gasteiger partial charge in [0.15, 0.2) is 0 Å². The quantitative estimate of drug-likeness (QED) is 0.206. The second kappa shape index (κ2) is 8.68. The molecule has 7 aromatic carbocycles. The highest BCUT2D eigenvalue weighted by molar-refractivity contribution is 6.22. The van der Waals surface area contributed by atoms with Crippen molar-refractivity contribution in [3.05, 3.63) is 139 Å². The molecule has 1 heteroatoms. The fourth-order valence-corrected chi connectivity index (χ4v) is 7.07. The first kappa shape index (κ1) is 22.7. The first-order valence-corrected chi connectivity index (χ1v) is 14.4. The van der Waals surface area contributed by atoms with Crippen molar-refractivity contribution in [2.24, 2.45) is 0 Å². The Labute approximate surface area is 238 Å². The summed E-state index contributed by atoms with van der Waals surface area (Å²) in [5, 5.41) is 10.1. The van der Waals surface area contributed by atoms with Gasteiger partial charge in [-0.25, -0.2) is 0 Å². The average molecular weight is 523 g/mol. The second-order valence-corrected chi connectivity index (χ2v) is 11.2. The Morgan fingerprint density at radius 3 is 1.83 bits per heavy atom. The molecule has 192 valence electrons. The number of aryl methyl sites for hydroxylation is 1. The van der Waals surface area contributed by atoms with Crippen LogP contribution in [0.3, 0.4) is 0 Å². The van der Waals surface area contributed by atoms with Crippen LogP contribution in [0.15, 0.2) is 132 Å². The Morgan fingerprint density at radius 1 is 0.488 bits per heavy atom. The zero-order chi connectivity index (χ0) is 26.9. The van der Waals surface area contributed by atoms with Gasteiger partial charge in [-0.05, 0) is 103 Å². The molecule has 0 aliphatic heterocycles. The third-order valence-corrected chi connectivity index (χ3v) is 8.90. The summed E-state index contributed by atoms with van der Waals surface area (Å²) in [6.45, 7) is 0. The lowest BCUT2D eigenvalue weighted by molar-refractivity contribution is 0.668. The highest BCUT2D eigenvalue weighted by Crippen LogP contribution is 2.45. The first-order valence-electron chi connectivity index (χ1n) is 14.4. The van der Waals surface area contributed by atoms with Crippen LogP contribution >= 0.6 is 0 Å². The Bertz CT molecular complexity index is 2310. The molecule has 0 fully saturated rings. The molecule has 41 heavy (non-hydrogen) atoms. The van der Waals surface area contributed by atoms with Gasteiger partial charge in [-0.3, -0.25) is 0 Å². The van der Waals surface area contributed by atoms with Gasteiger partial charge in [-0.1, -0.05) is 109 Å². The molecular weight excluding hydrogens is 496 g/mol. The van der Waals surface area contributed by atoms with E-state index in [4.69, 9.17) is 4.42 Å². The minimum atomic E-state index is 0.952. The Balaban J connectivity index is 1.37. The van der Waals surface area contributed by atoms with E-state index in [0.29, 0.717) is 0 Å². The normalized spacial score (nSPS) is 13.1. The molecule has 0 N–H and O–H groups in total. The predicted octanol–water partition coefficient (Wildman–Crippen LogP) is 11.3. The molecular formula is C40H26O. The third kappa shape index (κ3) is 3.36. The summed E-state index contributed by atoms with van der Waals surface area (Å²) >= 11 is 0. The van der Waals surface area contributed by atoms with Crippen LogP contribution in [0, 0.1) is 0 Å². The minimum Gasteiger partial charge on any atom is -0.456 e. The van der Waals surface area contributed by atoms with Gasteiger partial charge >= 0.3 is 0 Å². The molecule has 0 atom stereocenters. The van der Waals surface area contributed by atoms with Gasteiger partial charge in [-0.2, -0.15) is 0 Å². The molecule has 0 saturated heterocycles. The van der Waals surface area contributed by atoms with E-state index in [1.165, 1.54) is 76.5 Å². The number of furan rings is 1. The van der Waals surface area contributed by atoms with Crippen LogP contribution < -0.4 is 0 Å². The van der Waals surface area contributed by atoms with Crippen LogP contribution in [0.1, 0.15) is 17.5 Å². The maximum Gasteiger partial charge on any atom is 0.135 e. The summed E-state index contributed by atoms with van der Waals surface area (Å²) in [6.07, 6.45) is 6.66. The van der Waals surface area contributed by atoms with Crippen molar-refractivity contribution in [1.82, 2.24) is 0 Å². The number of hydrogen-bond donors (Lipinski definition) is 0. The van der Waals surface area contributed by atoms with Crippen molar-refractivity contribution in [2.45, 2.75) is 12.8 Å². The van der Waals surface area contributed by atoms with Gasteiger partial charge < -0.3 is 4.42 Å². The second-order valence-electron chi connectivity index (χ2n) is 11.2. The molecule has 0 spiro atoms. The van der Waals surface area contributed by atoms with Gasteiger partial charge in [0.05, 0.1) is 0 Å². The van der Waals surface area contributed by atoms with E-state index in [2.05, 4.69) is 133 Å². The van der Waals surface area contributed by atoms with Crippen LogP contribution in [0.2, 0.25) is 0 Å². The van der Waals surface area contributed by atoms with Gasteiger partial charge in [0.1, 0.15) is 11.2 Å². The molecule has 0 unspecified atom stereocenters. The largest absolute Gasteiger partial charge is 0.456 e. The number of fused-ring (bicyclic) bond motifs is 8. The molecule has 1 aromatic heterocycles. The van der Waals surface area contributed by atoms with E-state index in [0.717, 1.165) is 24.0 Å². The number of hydrogen-bond acceptors (Lipinski definition) is 1. The molecule has 8 aromatic rings. The van der Waals surface area contributed by atoms with Crippen molar-refractivity contribution >= 4 is 60.3 Å². The van der Waals surface area contributed by atoms with Crippen molar-refractivity contribution in [3.8, 4) is 22.3 Å². The number of allylic oxidation sites excluding steroid dienone is 1. The van der Waals surface area contributed by atoms with E-state index in [1.807, 2.05) is 0 Å². The zero-order valence-corrected chi connectivity index (χ0v) is 22.5. The van der Waals surface area contributed by atoms with Crippen LogP contribution in [0.4, 0.5) is 0 Å². The molecule has 9 rings (SSSR count). The highest BCUT2D eigenvalue weighted by atomic mass is 16.3. The predicted molar refractivity (Wildman–Crippen MR) is 174 cm³/mol. The van der Waals surface area contributed by atoms with Gasteiger partial charge in [0.25, 0.3) is 0 Å². The summed E-state index contributed by atoms with van der Waals surface area (Å²) in [7, 11) is 0. The molecule has 1 heterocycles. The van der Waals surface area contributed by atoms with Crippen LogP contribution in [0.5, 0.6) is 0 Å². The summed E-state index contributed by atoms with van der Waals surface area (Å²) in [4.78, 5) is 0. The topological polar surface area (TPSA) is 13.1 Å². The molecule has 0 saturated carbocycles. The lowest BCUT2D eigenvalue weighted by Crippen LogP contribution is -1.94. The summed E-state index contributed by atoms with van der Waals surface area (Å²) in [5.41, 5.74) is 9.69. The van der Waals surface area contributed by atoms with Crippen LogP contribution in [-0.4, -0.2) is 0 Å². The molecule has 1 aliphatic carbocycles. The Kier molecular flexibility index (Phi) is 4.80. The summed E-state index contributed by atoms with van der Waals surface area (Å²) in [6, 6.07) is 44.4. The van der Waals surface area contributed by atoms with E-state index >= 15 is 0 Å². The minimum absolute atomic E-state index is 0.952. The van der Waals surface area contributed by atoms with Crippen molar-refractivity contribution < 1.29 is 4.42 Å². The van der Waals surface area contributed by atoms with Crippen molar-refractivity contribution in [1.29, 1.82) is 0 Å². The SMILES string of the molecule is C1=Cc2ccc3oc4ccc(-c5c6ccccc6c(-c6ccc7ccccc7c6)c6ccccc56)cc4c3c2CC1. The Morgan fingerprint density at radius 2 is 1.10 bits per heavy atom. The smallest absolute Gasteiger partial charge is 0.135 e. The molecule has 1 aliphatic rings. The van der Waals surface area contributed by atoms with Crippen molar-refractivity contribution in [2.75, 3.05) is 0 Å². The highest BCUT2D eigenvalue weighted by Gasteiger charge is 2.19. The van der Waals surface area contributed by atoms with Crippen LogP contribution in [-0.2, 0) is 6.42 Å². The monoisotopic (exact) mass is 522 g/mol. The maximum absolute atomic E-state index is 6.37. The summed E-state index contributed by atoms with van der Waals surface area (Å²) < 4.78 is 6.37. The lowest BCUT2D eigenvalue weighted by Gasteiger charge is -2.18. The standard InChI is InChI=1S/C40H26O/c1-2-11-27-23-28(18-17-25(27)9-1)38-31-13-5-7-15-33(31)39(34-16-8-6-14-32(34)38)29-20-21-36-35(24-29)40-30-12-4-3-10-26(30)19-22-37(40)41-36/h1-3,5-11,13-24H,4,12H2. The first-order chi connectivity index (χ1) is 20.3. The Hall–Kier alpha value is -5.14. The molecule has 0 radical (unpaired) electrons. The fraction of sp³-hybridized carbons (Fsp3) is 0.0500. The van der Waals surface area contributed by atoms with E-state index in [-0.39, 0.29) is 0 Å². The molecule has 0 bridgehead atoms. The molecule has 0 amide bonds. The number of benzene rings is 7. The maximum atomic E-state index is 6.37. The average Bonchev–Trinajstić information content (AvgIpc) is 3.42. The van der Waals surface area contributed by atoms with Gasteiger partial charge in [0.2, 0.25) is 0 Å². The lowest BCUT2D eigenvalue weighted by atomic mass is 9.85. The zero-order valence-electron chi connectivity index (χ0n) is 22.5. The summed E-state index contributed by atoms with van der Waals surface area (Å²) in [5.74, 6) is 0. The fourth-order valence-electron chi connectivity index (χ4n) is 7.07. The third-order valence-electron chi connectivity index (χ3n) is 8.90.